The Morgan fingerprint density at radius 3 is 2.75 bits per heavy atom. The number of anilines is 2. The number of hydrazine groups is 1. The van der Waals surface area contributed by atoms with Gasteiger partial charge in [-0.2, -0.15) is 8.42 Å². The van der Waals surface area contributed by atoms with Crippen molar-refractivity contribution in [3.8, 4) is 0 Å². The number of aryl methyl sites for hydroxylation is 1. The van der Waals surface area contributed by atoms with Crippen LogP contribution in [0, 0.1) is 6.92 Å². The molecule has 2 aromatic rings. The normalized spacial score (nSPS) is 11.2. The summed E-state index contributed by atoms with van der Waals surface area (Å²) in [5.74, 6) is 5.52. The predicted octanol–water partition coefficient (Wildman–Crippen LogP) is 1.63. The molecule has 0 amide bonds. The maximum atomic E-state index is 12.3. The van der Waals surface area contributed by atoms with Crippen LogP contribution >= 0.6 is 15.9 Å². The van der Waals surface area contributed by atoms with Crippen LogP contribution in [0.5, 0.6) is 0 Å². The van der Waals surface area contributed by atoms with Crippen LogP contribution in [0.25, 0.3) is 0 Å². The van der Waals surface area contributed by atoms with E-state index in [9.17, 15) is 8.42 Å². The van der Waals surface area contributed by atoms with Crippen molar-refractivity contribution in [3.63, 3.8) is 0 Å². The molecule has 2 rings (SSSR count). The van der Waals surface area contributed by atoms with E-state index in [-0.39, 0.29) is 16.5 Å². The molecule has 106 valence electrons. The molecule has 0 spiro atoms. The predicted molar refractivity (Wildman–Crippen MR) is 79.5 cm³/mol. The topological polar surface area (TPSA) is 110 Å². The molecule has 0 aliphatic carbocycles. The summed E-state index contributed by atoms with van der Waals surface area (Å²) in [4.78, 5) is 7.86. The second-order valence-corrected chi connectivity index (χ2v) is 6.44. The van der Waals surface area contributed by atoms with E-state index >= 15 is 0 Å². The third kappa shape index (κ3) is 3.06. The summed E-state index contributed by atoms with van der Waals surface area (Å²) in [5.41, 5.74) is 3.19. The minimum atomic E-state index is -3.87. The SMILES string of the molecule is Cc1cc(Br)cnc1NS(=O)(=O)c1ncccc1NN. The summed E-state index contributed by atoms with van der Waals surface area (Å²) in [5, 5.41) is -0.188. The molecule has 4 N–H and O–H groups in total. The Morgan fingerprint density at radius 1 is 1.35 bits per heavy atom. The van der Waals surface area contributed by atoms with E-state index in [0.29, 0.717) is 5.56 Å². The Hall–Kier alpha value is -1.71. The van der Waals surface area contributed by atoms with Gasteiger partial charge >= 0.3 is 0 Å². The molecule has 0 radical (unpaired) electrons. The number of nitrogen functional groups attached to an aromatic ring is 1. The Bertz CT molecular complexity index is 735. The minimum absolute atomic E-state index is 0.188. The summed E-state index contributed by atoms with van der Waals surface area (Å²) >= 11 is 3.27. The van der Waals surface area contributed by atoms with Crippen LogP contribution in [-0.2, 0) is 10.0 Å². The third-order valence-electron chi connectivity index (χ3n) is 2.46. The molecular formula is C11H12BrN5O2S. The van der Waals surface area contributed by atoms with E-state index in [1.165, 1.54) is 18.5 Å². The van der Waals surface area contributed by atoms with E-state index in [1.807, 2.05) is 0 Å². The largest absolute Gasteiger partial charge is 0.321 e. The maximum absolute atomic E-state index is 12.3. The van der Waals surface area contributed by atoms with E-state index in [0.717, 1.165) is 4.47 Å². The third-order valence-corrected chi connectivity index (χ3v) is 4.19. The van der Waals surface area contributed by atoms with Crippen LogP contribution in [0.3, 0.4) is 0 Å². The van der Waals surface area contributed by atoms with Crippen molar-refractivity contribution in [3.05, 3.63) is 40.6 Å². The van der Waals surface area contributed by atoms with Gasteiger partial charge in [-0.05, 0) is 46.6 Å². The lowest BCUT2D eigenvalue weighted by molar-refractivity contribution is 0.597. The highest BCUT2D eigenvalue weighted by molar-refractivity contribution is 9.10. The van der Waals surface area contributed by atoms with Crippen molar-refractivity contribution in [2.75, 3.05) is 10.1 Å². The fraction of sp³-hybridized carbons (Fsp3) is 0.0909. The second kappa shape index (κ2) is 5.73. The number of sulfonamides is 1. The van der Waals surface area contributed by atoms with Gasteiger partial charge in [0.15, 0.2) is 0 Å². The van der Waals surface area contributed by atoms with E-state index in [2.05, 4.69) is 36.0 Å². The maximum Gasteiger partial charge on any atom is 0.282 e. The fourth-order valence-electron chi connectivity index (χ4n) is 1.54. The minimum Gasteiger partial charge on any atom is -0.321 e. The highest BCUT2D eigenvalue weighted by Crippen LogP contribution is 2.22. The van der Waals surface area contributed by atoms with Crippen LogP contribution in [0.4, 0.5) is 11.5 Å². The van der Waals surface area contributed by atoms with Gasteiger partial charge in [-0.15, -0.1) is 0 Å². The molecule has 20 heavy (non-hydrogen) atoms. The summed E-state index contributed by atoms with van der Waals surface area (Å²) in [7, 11) is -3.87. The Morgan fingerprint density at radius 2 is 2.10 bits per heavy atom. The van der Waals surface area contributed by atoms with Gasteiger partial charge in [0.25, 0.3) is 10.0 Å². The average Bonchev–Trinajstić information content (AvgIpc) is 2.42. The number of nitrogens with one attached hydrogen (secondary N) is 2. The molecule has 0 bridgehead atoms. The van der Waals surface area contributed by atoms with E-state index in [4.69, 9.17) is 5.84 Å². The van der Waals surface area contributed by atoms with E-state index < -0.39 is 10.0 Å². The molecule has 0 unspecified atom stereocenters. The zero-order valence-corrected chi connectivity index (χ0v) is 12.9. The molecule has 2 heterocycles. The van der Waals surface area contributed by atoms with Crippen LogP contribution < -0.4 is 16.0 Å². The smallest absolute Gasteiger partial charge is 0.282 e. The number of aromatic nitrogens is 2. The molecule has 0 saturated heterocycles. The summed E-state index contributed by atoms with van der Waals surface area (Å²) in [6.45, 7) is 1.75. The zero-order chi connectivity index (χ0) is 14.8. The van der Waals surface area contributed by atoms with E-state index in [1.54, 1.807) is 19.1 Å². The van der Waals surface area contributed by atoms with Gasteiger partial charge in [-0.3, -0.25) is 10.6 Å². The molecule has 0 aliphatic heterocycles. The molecule has 0 fully saturated rings. The summed E-state index contributed by atoms with van der Waals surface area (Å²) in [6.07, 6.45) is 2.88. The quantitative estimate of drug-likeness (QED) is 0.566. The molecule has 0 aromatic carbocycles. The van der Waals surface area contributed by atoms with Crippen LogP contribution in [0.1, 0.15) is 5.56 Å². The first-order chi connectivity index (χ1) is 9.44. The van der Waals surface area contributed by atoms with Crippen molar-refractivity contribution < 1.29 is 8.42 Å². The molecule has 0 saturated carbocycles. The van der Waals surface area contributed by atoms with Gasteiger partial charge in [0.05, 0.1) is 5.69 Å². The highest BCUT2D eigenvalue weighted by atomic mass is 79.9. The summed E-state index contributed by atoms with van der Waals surface area (Å²) in [6, 6.07) is 4.85. The first-order valence-corrected chi connectivity index (χ1v) is 7.78. The van der Waals surface area contributed by atoms with Crippen molar-refractivity contribution in [1.82, 2.24) is 9.97 Å². The lowest BCUT2D eigenvalue weighted by atomic mass is 10.3. The van der Waals surface area contributed by atoms with Gasteiger partial charge in [0.2, 0.25) is 5.03 Å². The highest BCUT2D eigenvalue weighted by Gasteiger charge is 2.21. The van der Waals surface area contributed by atoms with Crippen molar-refractivity contribution >= 4 is 37.5 Å². The molecule has 0 aliphatic rings. The van der Waals surface area contributed by atoms with Crippen LogP contribution in [0.15, 0.2) is 40.1 Å². The zero-order valence-electron chi connectivity index (χ0n) is 10.5. The summed E-state index contributed by atoms with van der Waals surface area (Å²) < 4.78 is 27.7. The van der Waals surface area contributed by atoms with Crippen LogP contribution in [-0.4, -0.2) is 18.4 Å². The Kier molecular flexibility index (Phi) is 4.21. The molecule has 7 nitrogen and oxygen atoms in total. The number of hydrogen-bond donors (Lipinski definition) is 3. The first kappa shape index (κ1) is 14.7. The van der Waals surface area contributed by atoms with Crippen molar-refractivity contribution in [2.24, 2.45) is 5.84 Å². The average molecular weight is 358 g/mol. The molecular weight excluding hydrogens is 346 g/mol. The van der Waals surface area contributed by atoms with Gasteiger partial charge in [-0.25, -0.2) is 9.97 Å². The Balaban J connectivity index is 2.41. The van der Waals surface area contributed by atoms with Crippen molar-refractivity contribution in [1.29, 1.82) is 0 Å². The lowest BCUT2D eigenvalue weighted by Gasteiger charge is -2.11. The monoisotopic (exact) mass is 357 g/mol. The molecule has 2 aromatic heterocycles. The first-order valence-electron chi connectivity index (χ1n) is 5.50. The van der Waals surface area contributed by atoms with Crippen LogP contribution in [0.2, 0.25) is 0 Å². The number of rotatable bonds is 4. The molecule has 9 heteroatoms. The van der Waals surface area contributed by atoms with Crippen molar-refractivity contribution in [2.45, 2.75) is 11.9 Å². The van der Waals surface area contributed by atoms with Gasteiger partial charge in [-0.1, -0.05) is 0 Å². The molecule has 0 atom stereocenters. The van der Waals surface area contributed by atoms with Gasteiger partial charge in [0, 0.05) is 16.9 Å². The number of pyridine rings is 2. The second-order valence-electron chi connectivity index (χ2n) is 3.92. The standard InChI is InChI=1S/C11H12BrN5O2S/c1-7-5-8(12)6-15-10(7)17-20(18,19)11-9(16-13)3-2-4-14-11/h2-6,16H,13H2,1H3,(H,15,17). The number of halogens is 1. The van der Waals surface area contributed by atoms with Gasteiger partial charge in [0.1, 0.15) is 5.82 Å². The lowest BCUT2D eigenvalue weighted by Crippen LogP contribution is -2.19. The number of nitrogens with zero attached hydrogens (tertiary/aromatic N) is 2. The Labute approximate surface area is 124 Å². The number of nitrogens with two attached hydrogens (primary N) is 1. The fourth-order valence-corrected chi connectivity index (χ4v) is 3.16. The number of hydrogen-bond acceptors (Lipinski definition) is 6. The van der Waals surface area contributed by atoms with Gasteiger partial charge < -0.3 is 5.43 Å².